The fourth-order valence-corrected chi connectivity index (χ4v) is 2.64. The normalized spacial score (nSPS) is 18.0. The Morgan fingerprint density at radius 3 is 3.00 bits per heavy atom. The molecule has 1 atom stereocenters. The monoisotopic (exact) mass is 305 g/mol. The number of rotatable bonds is 7. The highest BCUT2D eigenvalue weighted by atomic mass is 16.5. The van der Waals surface area contributed by atoms with Crippen molar-refractivity contribution < 1.29 is 14.3 Å². The molecule has 4 nitrogen and oxygen atoms in total. The highest BCUT2D eigenvalue weighted by molar-refractivity contribution is 5.80. The average molecular weight is 305 g/mol. The lowest BCUT2D eigenvalue weighted by molar-refractivity contribution is -0.145. The van der Waals surface area contributed by atoms with Crippen LogP contribution in [0.15, 0.2) is 24.3 Å². The van der Waals surface area contributed by atoms with E-state index in [-0.39, 0.29) is 12.0 Å². The van der Waals surface area contributed by atoms with Gasteiger partial charge in [0.15, 0.2) is 0 Å². The van der Waals surface area contributed by atoms with Gasteiger partial charge in [0.2, 0.25) is 0 Å². The minimum Gasteiger partial charge on any atom is -0.494 e. The number of hydrogen-bond donors (Lipinski definition) is 0. The number of carbonyl (C=O) groups is 1. The van der Waals surface area contributed by atoms with Gasteiger partial charge in [-0.3, -0.25) is 4.79 Å². The maximum atomic E-state index is 12.2. The number of ether oxygens (including phenoxy) is 2. The van der Waals surface area contributed by atoms with Crippen LogP contribution >= 0.6 is 0 Å². The number of hydrogen-bond acceptors (Lipinski definition) is 3. The molecule has 1 saturated heterocycles. The van der Waals surface area contributed by atoms with Gasteiger partial charge in [0.1, 0.15) is 11.9 Å². The number of benzene rings is 1. The van der Waals surface area contributed by atoms with E-state index in [1.54, 1.807) is 4.90 Å². The highest BCUT2D eigenvalue weighted by Crippen LogP contribution is 2.15. The number of amides is 1. The molecule has 1 fully saturated rings. The van der Waals surface area contributed by atoms with Gasteiger partial charge < -0.3 is 14.4 Å². The molecule has 1 aliphatic heterocycles. The van der Waals surface area contributed by atoms with Crippen molar-refractivity contribution >= 4 is 5.91 Å². The molecule has 0 spiro atoms. The largest absolute Gasteiger partial charge is 0.494 e. The van der Waals surface area contributed by atoms with Crippen molar-refractivity contribution in [3.05, 3.63) is 29.8 Å². The summed E-state index contributed by atoms with van der Waals surface area (Å²) in [6, 6.07) is 8.17. The molecule has 1 amide bonds. The Balaban J connectivity index is 1.67. The summed E-state index contributed by atoms with van der Waals surface area (Å²) in [4.78, 5) is 14.0. The Kier molecular flexibility index (Phi) is 6.72. The van der Waals surface area contributed by atoms with Crippen molar-refractivity contribution in [1.29, 1.82) is 0 Å². The highest BCUT2D eigenvalue weighted by Gasteiger charge is 2.24. The summed E-state index contributed by atoms with van der Waals surface area (Å²) in [6.45, 7) is 4.16. The zero-order chi connectivity index (χ0) is 15.8. The standard InChI is InChI=1S/C18H27NO3/c1-3-15-8-6-9-16(14-15)21-13-7-11-19(2)18(20)17-10-4-5-12-22-17/h6,8-9,14,17H,3-5,7,10-13H2,1-2H3/t17-/m1/s1. The van der Waals surface area contributed by atoms with Crippen LogP contribution in [0.25, 0.3) is 0 Å². The third-order valence-corrected chi connectivity index (χ3v) is 4.04. The summed E-state index contributed by atoms with van der Waals surface area (Å²) >= 11 is 0. The quantitative estimate of drug-likeness (QED) is 0.727. The molecule has 0 bridgehead atoms. The van der Waals surface area contributed by atoms with Crippen molar-refractivity contribution in [2.45, 2.75) is 45.1 Å². The smallest absolute Gasteiger partial charge is 0.251 e. The molecule has 1 aromatic carbocycles. The van der Waals surface area contributed by atoms with E-state index in [0.717, 1.165) is 37.9 Å². The first-order chi connectivity index (χ1) is 10.7. The van der Waals surface area contributed by atoms with Crippen molar-refractivity contribution in [2.24, 2.45) is 0 Å². The van der Waals surface area contributed by atoms with Gasteiger partial charge in [-0.1, -0.05) is 19.1 Å². The van der Waals surface area contributed by atoms with E-state index in [1.807, 2.05) is 19.2 Å². The van der Waals surface area contributed by atoms with Gasteiger partial charge in [-0.05, 0) is 49.8 Å². The molecule has 1 aliphatic rings. The molecule has 0 aromatic heterocycles. The predicted octanol–water partition coefficient (Wildman–Crippen LogP) is 3.05. The van der Waals surface area contributed by atoms with Crippen LogP contribution in [0.5, 0.6) is 5.75 Å². The molecule has 4 heteroatoms. The van der Waals surface area contributed by atoms with Crippen LogP contribution in [-0.4, -0.2) is 43.7 Å². The first kappa shape index (κ1) is 16.8. The minimum atomic E-state index is -0.235. The van der Waals surface area contributed by atoms with Crippen LogP contribution in [0.1, 0.15) is 38.2 Å². The second-order valence-electron chi connectivity index (χ2n) is 5.82. The van der Waals surface area contributed by atoms with Crippen LogP contribution in [0.2, 0.25) is 0 Å². The van der Waals surface area contributed by atoms with Gasteiger partial charge in [0, 0.05) is 20.2 Å². The fraction of sp³-hybridized carbons (Fsp3) is 0.611. The van der Waals surface area contributed by atoms with Crippen molar-refractivity contribution in [2.75, 3.05) is 26.8 Å². The molecule has 2 rings (SSSR count). The SMILES string of the molecule is CCc1cccc(OCCCN(C)C(=O)[C@H]2CCCCO2)c1. The molecular weight excluding hydrogens is 278 g/mol. The molecule has 122 valence electrons. The van der Waals surface area contributed by atoms with Crippen LogP contribution < -0.4 is 4.74 Å². The van der Waals surface area contributed by atoms with E-state index in [2.05, 4.69) is 19.1 Å². The maximum Gasteiger partial charge on any atom is 0.251 e. The van der Waals surface area contributed by atoms with Gasteiger partial charge in [-0.15, -0.1) is 0 Å². The van der Waals surface area contributed by atoms with Gasteiger partial charge in [0.05, 0.1) is 6.61 Å². The molecular formula is C18H27NO3. The van der Waals surface area contributed by atoms with E-state index in [9.17, 15) is 4.79 Å². The molecule has 1 aromatic rings. The first-order valence-electron chi connectivity index (χ1n) is 8.29. The van der Waals surface area contributed by atoms with Gasteiger partial charge in [0.25, 0.3) is 5.91 Å². The Bertz CT molecular complexity index is 469. The van der Waals surface area contributed by atoms with Crippen LogP contribution in [0.4, 0.5) is 0 Å². The van der Waals surface area contributed by atoms with E-state index < -0.39 is 0 Å². The third kappa shape index (κ3) is 5.02. The summed E-state index contributed by atoms with van der Waals surface area (Å²) in [6.07, 6.45) is 4.60. The number of likely N-dealkylation sites (N-methyl/N-ethyl adjacent to an activating group) is 1. The Labute approximate surface area is 133 Å². The van der Waals surface area contributed by atoms with Gasteiger partial charge in [-0.25, -0.2) is 0 Å². The molecule has 0 radical (unpaired) electrons. The summed E-state index contributed by atoms with van der Waals surface area (Å²) in [5.74, 6) is 1.01. The molecule has 0 aliphatic carbocycles. The minimum absolute atomic E-state index is 0.104. The second kappa shape index (κ2) is 8.79. The van der Waals surface area contributed by atoms with Crippen molar-refractivity contribution in [3.63, 3.8) is 0 Å². The Morgan fingerprint density at radius 1 is 1.41 bits per heavy atom. The molecule has 0 N–H and O–H groups in total. The predicted molar refractivity (Wildman–Crippen MR) is 87.2 cm³/mol. The van der Waals surface area contributed by atoms with Gasteiger partial charge in [-0.2, -0.15) is 0 Å². The number of carbonyl (C=O) groups excluding carboxylic acids is 1. The number of aryl methyl sites for hydroxylation is 1. The number of nitrogens with zero attached hydrogens (tertiary/aromatic N) is 1. The summed E-state index contributed by atoms with van der Waals surface area (Å²) in [5, 5.41) is 0. The lowest BCUT2D eigenvalue weighted by Crippen LogP contribution is -2.40. The second-order valence-corrected chi connectivity index (χ2v) is 5.82. The van der Waals surface area contributed by atoms with E-state index in [1.165, 1.54) is 5.56 Å². The summed E-state index contributed by atoms with van der Waals surface area (Å²) < 4.78 is 11.3. The average Bonchev–Trinajstić information content (AvgIpc) is 2.58. The van der Waals surface area contributed by atoms with E-state index in [4.69, 9.17) is 9.47 Å². The zero-order valence-corrected chi connectivity index (χ0v) is 13.7. The van der Waals surface area contributed by atoms with Gasteiger partial charge >= 0.3 is 0 Å². The Hall–Kier alpha value is -1.55. The third-order valence-electron chi connectivity index (χ3n) is 4.04. The van der Waals surface area contributed by atoms with Crippen LogP contribution in [0.3, 0.4) is 0 Å². The lowest BCUT2D eigenvalue weighted by atomic mass is 10.1. The Morgan fingerprint density at radius 2 is 2.27 bits per heavy atom. The maximum absolute atomic E-state index is 12.2. The molecule has 0 saturated carbocycles. The van der Waals surface area contributed by atoms with Crippen molar-refractivity contribution in [3.8, 4) is 5.75 Å². The van der Waals surface area contributed by atoms with Crippen LogP contribution in [0, 0.1) is 0 Å². The van der Waals surface area contributed by atoms with E-state index >= 15 is 0 Å². The van der Waals surface area contributed by atoms with Crippen molar-refractivity contribution in [1.82, 2.24) is 4.90 Å². The molecule has 0 unspecified atom stereocenters. The molecule has 1 heterocycles. The molecule has 22 heavy (non-hydrogen) atoms. The first-order valence-corrected chi connectivity index (χ1v) is 8.29. The summed E-state index contributed by atoms with van der Waals surface area (Å²) in [5.41, 5.74) is 1.28. The fourth-order valence-electron chi connectivity index (χ4n) is 2.64. The van der Waals surface area contributed by atoms with E-state index in [0.29, 0.717) is 19.8 Å². The topological polar surface area (TPSA) is 38.8 Å². The van der Waals surface area contributed by atoms with Crippen LogP contribution in [-0.2, 0) is 16.0 Å². The summed E-state index contributed by atoms with van der Waals surface area (Å²) in [7, 11) is 1.85. The zero-order valence-electron chi connectivity index (χ0n) is 13.7. The lowest BCUT2D eigenvalue weighted by Gasteiger charge is -2.26.